The predicted octanol–water partition coefficient (Wildman–Crippen LogP) is 3.56. The average Bonchev–Trinajstić information content (AvgIpc) is 2.79. The third-order valence-electron chi connectivity index (χ3n) is 5.01. The van der Waals surface area contributed by atoms with Crippen LogP contribution in [0, 0.1) is 11.3 Å². The summed E-state index contributed by atoms with van der Waals surface area (Å²) in [4.78, 5) is 8.97. The van der Waals surface area contributed by atoms with E-state index in [1.165, 1.54) is 9.71 Å². The molecule has 1 aliphatic carbocycles. The molecule has 0 amide bonds. The first-order valence-electron chi connectivity index (χ1n) is 6.96. The minimum absolute atomic E-state index is 0.207. The first-order valence-corrected chi connectivity index (χ1v) is 7.78. The average molecular weight is 275 g/mol. The Balaban J connectivity index is 2.01. The van der Waals surface area contributed by atoms with Crippen LogP contribution in [-0.4, -0.2) is 16.0 Å². The SMILES string of the molecule is CC1C(N)CCC(c2nc3cnccc3s2)C1(C)C. The highest BCUT2D eigenvalue weighted by molar-refractivity contribution is 7.18. The molecule has 1 saturated carbocycles. The summed E-state index contributed by atoms with van der Waals surface area (Å²) in [5.41, 5.74) is 7.48. The Hall–Kier alpha value is -1.00. The molecular weight excluding hydrogens is 254 g/mol. The van der Waals surface area contributed by atoms with Gasteiger partial charge >= 0.3 is 0 Å². The minimum Gasteiger partial charge on any atom is -0.327 e. The number of aromatic nitrogens is 2. The second-order valence-electron chi connectivity index (χ2n) is 6.30. The third kappa shape index (κ3) is 2.07. The molecule has 0 aliphatic heterocycles. The maximum Gasteiger partial charge on any atom is 0.0998 e. The van der Waals surface area contributed by atoms with Crippen molar-refractivity contribution in [3.63, 3.8) is 0 Å². The highest BCUT2D eigenvalue weighted by Gasteiger charge is 2.43. The lowest BCUT2D eigenvalue weighted by atomic mass is 9.61. The van der Waals surface area contributed by atoms with Gasteiger partial charge < -0.3 is 5.73 Å². The zero-order valence-corrected chi connectivity index (χ0v) is 12.6. The monoisotopic (exact) mass is 275 g/mol. The van der Waals surface area contributed by atoms with Gasteiger partial charge in [-0.15, -0.1) is 11.3 Å². The fourth-order valence-corrected chi connectivity index (χ4v) is 4.50. The standard InChI is InChI=1S/C15H21N3S/c1-9-11(16)5-4-10(15(9,2)3)14-18-12-8-17-7-6-13(12)19-14/h6-11H,4-5,16H2,1-3H3. The molecule has 0 spiro atoms. The molecule has 0 bridgehead atoms. The molecule has 2 aromatic heterocycles. The Morgan fingerprint density at radius 3 is 2.89 bits per heavy atom. The van der Waals surface area contributed by atoms with E-state index < -0.39 is 0 Å². The summed E-state index contributed by atoms with van der Waals surface area (Å²) in [6.45, 7) is 6.96. The Kier molecular flexibility index (Phi) is 3.10. The van der Waals surface area contributed by atoms with Gasteiger partial charge in [-0.3, -0.25) is 4.98 Å². The van der Waals surface area contributed by atoms with Crippen molar-refractivity contribution in [2.75, 3.05) is 0 Å². The van der Waals surface area contributed by atoms with Crippen LogP contribution in [0.5, 0.6) is 0 Å². The van der Waals surface area contributed by atoms with Crippen molar-refractivity contribution >= 4 is 21.6 Å². The molecule has 3 nitrogen and oxygen atoms in total. The number of hydrogen-bond donors (Lipinski definition) is 1. The molecule has 0 radical (unpaired) electrons. The Morgan fingerprint density at radius 1 is 1.37 bits per heavy atom. The summed E-state index contributed by atoms with van der Waals surface area (Å²) in [5.74, 6) is 1.04. The molecule has 1 aliphatic rings. The molecule has 1 fully saturated rings. The van der Waals surface area contributed by atoms with Crippen molar-refractivity contribution in [2.45, 2.75) is 45.6 Å². The van der Waals surface area contributed by atoms with Gasteiger partial charge in [-0.05, 0) is 30.2 Å². The van der Waals surface area contributed by atoms with E-state index in [-0.39, 0.29) is 5.41 Å². The first kappa shape index (κ1) is 13.0. The summed E-state index contributed by atoms with van der Waals surface area (Å²) in [5, 5.41) is 1.26. The van der Waals surface area contributed by atoms with Crippen LogP contribution in [-0.2, 0) is 0 Å². The largest absolute Gasteiger partial charge is 0.327 e. The number of nitrogens with zero attached hydrogens (tertiary/aromatic N) is 2. The van der Waals surface area contributed by atoms with Crippen molar-refractivity contribution in [3.05, 3.63) is 23.5 Å². The van der Waals surface area contributed by atoms with Crippen LogP contribution < -0.4 is 5.73 Å². The molecule has 3 rings (SSSR count). The van der Waals surface area contributed by atoms with Crippen molar-refractivity contribution in [1.29, 1.82) is 0 Å². The zero-order chi connectivity index (χ0) is 13.6. The van der Waals surface area contributed by atoms with Gasteiger partial charge in [0.2, 0.25) is 0 Å². The molecule has 3 atom stereocenters. The van der Waals surface area contributed by atoms with Gasteiger partial charge in [-0.1, -0.05) is 20.8 Å². The highest BCUT2D eigenvalue weighted by atomic mass is 32.1. The van der Waals surface area contributed by atoms with Crippen LogP contribution in [0.2, 0.25) is 0 Å². The maximum atomic E-state index is 6.24. The van der Waals surface area contributed by atoms with Gasteiger partial charge in [-0.25, -0.2) is 4.98 Å². The van der Waals surface area contributed by atoms with Gasteiger partial charge in [0.25, 0.3) is 0 Å². The van der Waals surface area contributed by atoms with Crippen LogP contribution in [0.1, 0.15) is 44.5 Å². The van der Waals surface area contributed by atoms with E-state index in [2.05, 4.69) is 31.8 Å². The summed E-state index contributed by atoms with van der Waals surface area (Å²) < 4.78 is 1.24. The van der Waals surface area contributed by atoms with Crippen LogP contribution >= 0.6 is 11.3 Å². The van der Waals surface area contributed by atoms with E-state index in [0.29, 0.717) is 17.9 Å². The summed E-state index contributed by atoms with van der Waals surface area (Å²) in [7, 11) is 0. The second-order valence-corrected chi connectivity index (χ2v) is 7.36. The normalized spacial score (nSPS) is 30.6. The Morgan fingerprint density at radius 2 is 2.16 bits per heavy atom. The van der Waals surface area contributed by atoms with Gasteiger partial charge in [0.1, 0.15) is 0 Å². The lowest BCUT2D eigenvalue weighted by Crippen LogP contribution is -2.45. The molecule has 0 aromatic carbocycles. The van der Waals surface area contributed by atoms with E-state index in [1.54, 1.807) is 0 Å². The molecule has 2 aromatic rings. The molecular formula is C15H21N3S. The van der Waals surface area contributed by atoms with Crippen molar-refractivity contribution in [3.8, 4) is 0 Å². The molecule has 0 saturated heterocycles. The summed E-state index contributed by atoms with van der Waals surface area (Å²) >= 11 is 1.82. The van der Waals surface area contributed by atoms with Gasteiger partial charge in [0.05, 0.1) is 21.4 Å². The summed E-state index contributed by atoms with van der Waals surface area (Å²) in [6, 6.07) is 2.38. The van der Waals surface area contributed by atoms with Crippen LogP contribution in [0.15, 0.2) is 18.5 Å². The van der Waals surface area contributed by atoms with E-state index in [4.69, 9.17) is 10.7 Å². The lowest BCUT2D eigenvalue weighted by molar-refractivity contribution is 0.0993. The first-order chi connectivity index (χ1) is 9.00. The smallest absolute Gasteiger partial charge is 0.0998 e. The second kappa shape index (κ2) is 4.53. The van der Waals surface area contributed by atoms with Gasteiger partial charge in [0.15, 0.2) is 0 Å². The molecule has 19 heavy (non-hydrogen) atoms. The topological polar surface area (TPSA) is 51.8 Å². The molecule has 2 heterocycles. The molecule has 2 N–H and O–H groups in total. The molecule has 4 heteroatoms. The Labute approximate surface area is 118 Å². The van der Waals surface area contributed by atoms with E-state index in [1.807, 2.05) is 23.7 Å². The summed E-state index contributed by atoms with van der Waals surface area (Å²) in [6.07, 6.45) is 5.95. The van der Waals surface area contributed by atoms with Gasteiger partial charge in [-0.2, -0.15) is 0 Å². The quantitative estimate of drug-likeness (QED) is 0.865. The lowest BCUT2D eigenvalue weighted by Gasteiger charge is -2.46. The van der Waals surface area contributed by atoms with E-state index in [9.17, 15) is 0 Å². The highest BCUT2D eigenvalue weighted by Crippen LogP contribution is 2.50. The maximum absolute atomic E-state index is 6.24. The van der Waals surface area contributed by atoms with E-state index >= 15 is 0 Å². The van der Waals surface area contributed by atoms with Crippen molar-refractivity contribution in [2.24, 2.45) is 17.1 Å². The number of thiazole rings is 1. The minimum atomic E-state index is 0.207. The number of pyridine rings is 1. The van der Waals surface area contributed by atoms with E-state index in [0.717, 1.165) is 18.4 Å². The fraction of sp³-hybridized carbons (Fsp3) is 0.600. The zero-order valence-electron chi connectivity index (χ0n) is 11.8. The third-order valence-corrected chi connectivity index (χ3v) is 6.16. The number of hydrogen-bond acceptors (Lipinski definition) is 4. The van der Waals surface area contributed by atoms with Gasteiger partial charge in [0, 0.05) is 18.2 Å². The van der Waals surface area contributed by atoms with Crippen LogP contribution in [0.3, 0.4) is 0 Å². The van der Waals surface area contributed by atoms with Crippen LogP contribution in [0.25, 0.3) is 10.2 Å². The van der Waals surface area contributed by atoms with Crippen molar-refractivity contribution < 1.29 is 0 Å². The number of nitrogens with two attached hydrogens (primary N) is 1. The Bertz CT molecular complexity index is 557. The fourth-order valence-electron chi connectivity index (χ4n) is 3.24. The molecule has 102 valence electrons. The predicted molar refractivity (Wildman–Crippen MR) is 80.3 cm³/mol. The number of fused-ring (bicyclic) bond motifs is 1. The van der Waals surface area contributed by atoms with Crippen molar-refractivity contribution in [1.82, 2.24) is 9.97 Å². The molecule has 3 unspecified atom stereocenters. The van der Waals surface area contributed by atoms with Crippen LogP contribution in [0.4, 0.5) is 0 Å². The number of rotatable bonds is 1.